The van der Waals surface area contributed by atoms with Crippen molar-refractivity contribution in [3.05, 3.63) is 45.5 Å². The Hall–Kier alpha value is -1.14. The maximum atomic E-state index is 6.00. The Labute approximate surface area is 132 Å². The molecule has 21 heavy (non-hydrogen) atoms. The third kappa shape index (κ3) is 3.37. The highest BCUT2D eigenvalue weighted by atomic mass is 35.5. The van der Waals surface area contributed by atoms with Crippen molar-refractivity contribution in [2.75, 3.05) is 13.7 Å². The van der Waals surface area contributed by atoms with Gasteiger partial charge in [0.2, 0.25) is 5.89 Å². The molecular formula is C14H15Cl2N3O2. The normalized spacial score (nSPS) is 21.9. The SMILES string of the molecule is CO[C@@H]1CN[C@@H](c2nc(Cc3ccc(Cl)c(Cl)c3)no2)C1. The predicted octanol–water partition coefficient (Wildman–Crippen LogP) is 3.02. The third-order valence-electron chi connectivity index (χ3n) is 3.55. The largest absolute Gasteiger partial charge is 0.380 e. The van der Waals surface area contributed by atoms with E-state index in [1.165, 1.54) is 0 Å². The zero-order valence-corrected chi connectivity index (χ0v) is 13.0. The van der Waals surface area contributed by atoms with E-state index in [4.69, 9.17) is 32.5 Å². The van der Waals surface area contributed by atoms with Crippen molar-refractivity contribution in [2.45, 2.75) is 25.0 Å². The van der Waals surface area contributed by atoms with Crippen LogP contribution in [0.3, 0.4) is 0 Å². The van der Waals surface area contributed by atoms with Gasteiger partial charge in [-0.15, -0.1) is 0 Å². The Morgan fingerprint density at radius 2 is 2.24 bits per heavy atom. The molecule has 7 heteroatoms. The molecule has 0 amide bonds. The van der Waals surface area contributed by atoms with Gasteiger partial charge in [0.25, 0.3) is 0 Å². The average Bonchev–Trinajstić information content (AvgIpc) is 3.11. The molecule has 1 N–H and O–H groups in total. The van der Waals surface area contributed by atoms with Crippen LogP contribution in [-0.2, 0) is 11.2 Å². The molecule has 0 saturated carbocycles. The standard InChI is InChI=1S/C14H15Cl2N3O2/c1-20-9-6-12(17-7-9)14-18-13(19-21-14)5-8-2-3-10(15)11(16)4-8/h2-4,9,12,17H,5-7H2,1H3/t9-,12+/m0/s1. The lowest BCUT2D eigenvalue weighted by Gasteiger charge is -2.04. The van der Waals surface area contributed by atoms with Crippen LogP contribution in [0.15, 0.2) is 22.7 Å². The maximum absolute atomic E-state index is 6.00. The van der Waals surface area contributed by atoms with Crippen molar-refractivity contribution in [3.63, 3.8) is 0 Å². The summed E-state index contributed by atoms with van der Waals surface area (Å²) in [7, 11) is 1.71. The molecule has 5 nitrogen and oxygen atoms in total. The van der Waals surface area contributed by atoms with Gasteiger partial charge in [-0.3, -0.25) is 0 Å². The smallest absolute Gasteiger partial charge is 0.243 e. The van der Waals surface area contributed by atoms with E-state index in [-0.39, 0.29) is 12.1 Å². The third-order valence-corrected chi connectivity index (χ3v) is 4.29. The Balaban J connectivity index is 1.69. The van der Waals surface area contributed by atoms with E-state index in [0.717, 1.165) is 18.5 Å². The van der Waals surface area contributed by atoms with Crippen LogP contribution in [0.5, 0.6) is 0 Å². The molecule has 2 atom stereocenters. The van der Waals surface area contributed by atoms with Gasteiger partial charge < -0.3 is 14.6 Å². The van der Waals surface area contributed by atoms with Crippen molar-refractivity contribution in [1.29, 1.82) is 0 Å². The van der Waals surface area contributed by atoms with Crippen LogP contribution in [0, 0.1) is 0 Å². The Kier molecular flexibility index (Phi) is 4.45. The van der Waals surface area contributed by atoms with Gasteiger partial charge in [-0.1, -0.05) is 34.4 Å². The fourth-order valence-electron chi connectivity index (χ4n) is 2.38. The zero-order chi connectivity index (χ0) is 14.8. The molecule has 0 radical (unpaired) electrons. The molecule has 3 rings (SSSR count). The minimum atomic E-state index is 0.0602. The first kappa shape index (κ1) is 14.8. The van der Waals surface area contributed by atoms with Crippen LogP contribution in [0.2, 0.25) is 10.0 Å². The molecule has 1 aromatic heterocycles. The van der Waals surface area contributed by atoms with Crippen LogP contribution in [0.4, 0.5) is 0 Å². The first-order valence-corrected chi connectivity index (χ1v) is 7.44. The van der Waals surface area contributed by atoms with E-state index in [1.54, 1.807) is 13.2 Å². The van der Waals surface area contributed by atoms with Gasteiger partial charge in [-0.05, 0) is 24.1 Å². The summed E-state index contributed by atoms with van der Waals surface area (Å²) in [5.74, 6) is 1.23. The summed E-state index contributed by atoms with van der Waals surface area (Å²) in [6.45, 7) is 0.797. The summed E-state index contributed by atoms with van der Waals surface area (Å²) in [6.07, 6.45) is 1.59. The summed E-state index contributed by atoms with van der Waals surface area (Å²) in [5, 5.41) is 8.39. The number of hydrogen-bond donors (Lipinski definition) is 1. The van der Waals surface area contributed by atoms with E-state index in [1.807, 2.05) is 12.1 Å². The molecule has 1 aliphatic heterocycles. The molecule has 0 unspecified atom stereocenters. The Bertz CT molecular complexity index is 632. The summed E-state index contributed by atoms with van der Waals surface area (Å²) in [4.78, 5) is 4.44. The van der Waals surface area contributed by atoms with E-state index >= 15 is 0 Å². The summed E-state index contributed by atoms with van der Waals surface area (Å²) in [6, 6.07) is 5.54. The molecule has 1 fully saturated rings. The van der Waals surface area contributed by atoms with Gasteiger partial charge in [0.15, 0.2) is 5.82 Å². The van der Waals surface area contributed by atoms with Crippen molar-refractivity contribution in [3.8, 4) is 0 Å². The molecule has 2 aromatic rings. The van der Waals surface area contributed by atoms with Gasteiger partial charge in [0.05, 0.1) is 22.2 Å². The number of halogens is 2. The van der Waals surface area contributed by atoms with E-state index in [9.17, 15) is 0 Å². The minimum absolute atomic E-state index is 0.0602. The topological polar surface area (TPSA) is 60.2 Å². The second kappa shape index (κ2) is 6.32. The highest BCUT2D eigenvalue weighted by molar-refractivity contribution is 6.42. The number of benzene rings is 1. The van der Waals surface area contributed by atoms with Gasteiger partial charge in [-0.25, -0.2) is 0 Å². The van der Waals surface area contributed by atoms with E-state index < -0.39 is 0 Å². The number of methoxy groups -OCH3 is 1. The molecule has 2 heterocycles. The van der Waals surface area contributed by atoms with Gasteiger partial charge in [0, 0.05) is 20.1 Å². The second-order valence-electron chi connectivity index (χ2n) is 5.03. The van der Waals surface area contributed by atoms with Crippen LogP contribution < -0.4 is 5.32 Å². The van der Waals surface area contributed by atoms with E-state index in [2.05, 4.69) is 15.5 Å². The first-order valence-electron chi connectivity index (χ1n) is 6.68. The number of rotatable bonds is 4. The number of nitrogens with zero attached hydrogens (tertiary/aromatic N) is 2. The minimum Gasteiger partial charge on any atom is -0.380 e. The van der Waals surface area contributed by atoms with Crippen molar-refractivity contribution >= 4 is 23.2 Å². The van der Waals surface area contributed by atoms with Gasteiger partial charge >= 0.3 is 0 Å². The molecular weight excluding hydrogens is 313 g/mol. The fraction of sp³-hybridized carbons (Fsp3) is 0.429. The fourth-order valence-corrected chi connectivity index (χ4v) is 2.70. The van der Waals surface area contributed by atoms with Crippen LogP contribution in [-0.4, -0.2) is 29.9 Å². The number of aromatic nitrogens is 2. The molecule has 1 aromatic carbocycles. The van der Waals surface area contributed by atoms with Crippen molar-refractivity contribution < 1.29 is 9.26 Å². The molecule has 1 saturated heterocycles. The first-order chi connectivity index (χ1) is 10.2. The average molecular weight is 328 g/mol. The second-order valence-corrected chi connectivity index (χ2v) is 5.84. The van der Waals surface area contributed by atoms with Crippen molar-refractivity contribution in [1.82, 2.24) is 15.5 Å². The van der Waals surface area contributed by atoms with Crippen LogP contribution >= 0.6 is 23.2 Å². The number of hydrogen-bond acceptors (Lipinski definition) is 5. The van der Waals surface area contributed by atoms with E-state index in [0.29, 0.717) is 28.2 Å². The monoisotopic (exact) mass is 327 g/mol. The zero-order valence-electron chi connectivity index (χ0n) is 11.5. The molecule has 0 bridgehead atoms. The molecule has 0 spiro atoms. The highest BCUT2D eigenvalue weighted by Crippen LogP contribution is 2.25. The lowest BCUT2D eigenvalue weighted by Crippen LogP contribution is -2.16. The summed E-state index contributed by atoms with van der Waals surface area (Å²) < 4.78 is 10.6. The van der Waals surface area contributed by atoms with Crippen LogP contribution in [0.25, 0.3) is 0 Å². The molecule has 112 valence electrons. The van der Waals surface area contributed by atoms with Gasteiger partial charge in [0.1, 0.15) is 0 Å². The Morgan fingerprint density at radius 1 is 1.38 bits per heavy atom. The molecule has 0 aliphatic carbocycles. The summed E-state index contributed by atoms with van der Waals surface area (Å²) >= 11 is 11.9. The predicted molar refractivity (Wildman–Crippen MR) is 79.7 cm³/mol. The Morgan fingerprint density at radius 3 is 2.95 bits per heavy atom. The maximum Gasteiger partial charge on any atom is 0.243 e. The lowest BCUT2D eigenvalue weighted by molar-refractivity contribution is 0.116. The van der Waals surface area contributed by atoms with Crippen LogP contribution in [0.1, 0.15) is 29.7 Å². The summed E-state index contributed by atoms with van der Waals surface area (Å²) in [5.41, 5.74) is 0.992. The number of nitrogens with one attached hydrogen (secondary N) is 1. The van der Waals surface area contributed by atoms with Crippen molar-refractivity contribution in [2.24, 2.45) is 0 Å². The van der Waals surface area contributed by atoms with Gasteiger partial charge in [-0.2, -0.15) is 4.98 Å². The quantitative estimate of drug-likeness (QED) is 0.935. The molecule has 1 aliphatic rings. The lowest BCUT2D eigenvalue weighted by atomic mass is 10.1. The highest BCUT2D eigenvalue weighted by Gasteiger charge is 2.29. The number of ether oxygens (including phenoxy) is 1.